The first kappa shape index (κ1) is 16.8. The van der Waals surface area contributed by atoms with Crippen LogP contribution in [-0.2, 0) is 16.8 Å². The van der Waals surface area contributed by atoms with Crippen LogP contribution in [-0.4, -0.2) is 47.8 Å². The second kappa shape index (κ2) is 6.57. The molecule has 7 heteroatoms. The van der Waals surface area contributed by atoms with Gasteiger partial charge in [-0.2, -0.15) is 0 Å². The Hall–Kier alpha value is -2.67. The third-order valence-corrected chi connectivity index (χ3v) is 5.27. The van der Waals surface area contributed by atoms with Crippen molar-refractivity contribution in [2.24, 2.45) is 0 Å². The van der Waals surface area contributed by atoms with Crippen molar-refractivity contribution < 1.29 is 19.4 Å². The van der Waals surface area contributed by atoms with E-state index >= 15 is 0 Å². The van der Waals surface area contributed by atoms with Crippen LogP contribution >= 0.6 is 0 Å². The van der Waals surface area contributed by atoms with Gasteiger partial charge in [0, 0.05) is 18.7 Å². The first-order chi connectivity index (χ1) is 12.6. The molecule has 0 radical (unpaired) electrons. The molecule has 0 saturated carbocycles. The molecule has 1 fully saturated rings. The van der Waals surface area contributed by atoms with Crippen molar-refractivity contribution in [3.05, 3.63) is 47.4 Å². The van der Waals surface area contributed by atoms with Crippen LogP contribution in [0, 0.1) is 0 Å². The normalized spacial score (nSPS) is 18.4. The van der Waals surface area contributed by atoms with Gasteiger partial charge in [-0.3, -0.25) is 4.98 Å². The molecule has 1 aromatic carbocycles. The minimum absolute atomic E-state index is 0.0382. The summed E-state index contributed by atoms with van der Waals surface area (Å²) in [5.41, 5.74) is 2.06. The summed E-state index contributed by atoms with van der Waals surface area (Å²) in [4.78, 5) is 21.4. The molecule has 0 unspecified atom stereocenters. The number of hydrogen-bond acceptors (Lipinski definition) is 6. The SMILES string of the molecule is COc1cccc2c1C1(CCN(c3cncc(C(=O)O)n3)CC1)OCC2. The molecule has 2 aliphatic rings. The Morgan fingerprint density at radius 3 is 2.85 bits per heavy atom. The fourth-order valence-corrected chi connectivity index (χ4v) is 4.00. The molecule has 0 bridgehead atoms. The second-order valence-electron chi connectivity index (χ2n) is 6.64. The highest BCUT2D eigenvalue weighted by Crippen LogP contribution is 2.46. The Labute approximate surface area is 151 Å². The molecule has 0 aliphatic carbocycles. The van der Waals surface area contributed by atoms with E-state index in [9.17, 15) is 4.79 Å². The van der Waals surface area contributed by atoms with Gasteiger partial charge >= 0.3 is 5.97 Å². The Balaban J connectivity index is 1.60. The maximum absolute atomic E-state index is 11.1. The Bertz CT molecular complexity index is 817. The summed E-state index contributed by atoms with van der Waals surface area (Å²) in [6.07, 6.45) is 5.35. The number of hydrogen-bond donors (Lipinski definition) is 1. The maximum atomic E-state index is 11.1. The molecule has 136 valence electrons. The van der Waals surface area contributed by atoms with E-state index in [1.807, 2.05) is 12.1 Å². The Morgan fingerprint density at radius 2 is 2.12 bits per heavy atom. The Kier molecular flexibility index (Phi) is 4.24. The van der Waals surface area contributed by atoms with Crippen LogP contribution in [0.4, 0.5) is 5.82 Å². The molecule has 7 nitrogen and oxygen atoms in total. The van der Waals surface area contributed by atoms with Gasteiger partial charge in [0.1, 0.15) is 17.2 Å². The van der Waals surface area contributed by atoms with Crippen molar-refractivity contribution >= 4 is 11.8 Å². The molecule has 1 N–H and O–H groups in total. The lowest BCUT2D eigenvalue weighted by Crippen LogP contribution is -2.47. The number of carbonyl (C=O) groups is 1. The summed E-state index contributed by atoms with van der Waals surface area (Å²) in [5, 5.41) is 9.12. The van der Waals surface area contributed by atoms with Crippen LogP contribution in [0.3, 0.4) is 0 Å². The first-order valence-electron chi connectivity index (χ1n) is 8.73. The van der Waals surface area contributed by atoms with Gasteiger partial charge in [-0.25, -0.2) is 9.78 Å². The van der Waals surface area contributed by atoms with Crippen LogP contribution in [0.15, 0.2) is 30.6 Å². The van der Waals surface area contributed by atoms with E-state index in [4.69, 9.17) is 14.6 Å². The molecule has 2 aliphatic heterocycles. The predicted molar refractivity (Wildman–Crippen MR) is 94.8 cm³/mol. The summed E-state index contributed by atoms with van der Waals surface area (Å²) in [7, 11) is 1.69. The third kappa shape index (κ3) is 2.78. The average molecular weight is 355 g/mol. The largest absolute Gasteiger partial charge is 0.496 e. The van der Waals surface area contributed by atoms with Crippen LogP contribution in [0.5, 0.6) is 5.75 Å². The fourth-order valence-electron chi connectivity index (χ4n) is 4.00. The molecule has 4 rings (SSSR count). The highest BCUT2D eigenvalue weighted by molar-refractivity contribution is 5.85. The minimum Gasteiger partial charge on any atom is -0.496 e. The monoisotopic (exact) mass is 355 g/mol. The number of aromatic nitrogens is 2. The van der Waals surface area contributed by atoms with E-state index in [0.717, 1.165) is 38.1 Å². The van der Waals surface area contributed by atoms with Crippen molar-refractivity contribution in [1.29, 1.82) is 0 Å². The number of benzene rings is 1. The smallest absolute Gasteiger partial charge is 0.356 e. The molecule has 3 heterocycles. The Morgan fingerprint density at radius 1 is 1.31 bits per heavy atom. The number of anilines is 1. The van der Waals surface area contributed by atoms with Gasteiger partial charge in [-0.1, -0.05) is 12.1 Å². The van der Waals surface area contributed by atoms with Gasteiger partial charge in [0.15, 0.2) is 5.69 Å². The van der Waals surface area contributed by atoms with E-state index in [1.165, 1.54) is 17.3 Å². The van der Waals surface area contributed by atoms with Crippen molar-refractivity contribution in [1.82, 2.24) is 9.97 Å². The van der Waals surface area contributed by atoms with E-state index < -0.39 is 5.97 Å². The zero-order chi connectivity index (χ0) is 18.1. The van der Waals surface area contributed by atoms with Crippen molar-refractivity contribution in [2.45, 2.75) is 24.9 Å². The molecule has 26 heavy (non-hydrogen) atoms. The standard InChI is InChI=1S/C19H21N3O4/c1-25-15-4-2-3-13-5-10-26-19(17(13)15)6-8-22(9-7-19)16-12-20-11-14(21-16)18(23)24/h2-4,11-12H,5-10H2,1H3,(H,23,24). The van der Waals surface area contributed by atoms with Gasteiger partial charge in [-0.05, 0) is 30.9 Å². The van der Waals surface area contributed by atoms with Crippen molar-refractivity contribution in [3.63, 3.8) is 0 Å². The highest BCUT2D eigenvalue weighted by Gasteiger charge is 2.43. The van der Waals surface area contributed by atoms with Crippen LogP contribution < -0.4 is 9.64 Å². The molecular weight excluding hydrogens is 334 g/mol. The van der Waals surface area contributed by atoms with E-state index in [-0.39, 0.29) is 11.3 Å². The quantitative estimate of drug-likeness (QED) is 0.904. The van der Waals surface area contributed by atoms with Gasteiger partial charge < -0.3 is 19.5 Å². The second-order valence-corrected chi connectivity index (χ2v) is 6.64. The van der Waals surface area contributed by atoms with Crippen molar-refractivity contribution in [3.8, 4) is 5.75 Å². The number of piperidine rings is 1. The summed E-state index contributed by atoms with van der Waals surface area (Å²) in [6.45, 7) is 2.14. The number of ether oxygens (including phenoxy) is 2. The number of carboxylic acids is 1. The summed E-state index contributed by atoms with van der Waals surface area (Å²) < 4.78 is 11.9. The molecule has 1 saturated heterocycles. The molecule has 0 atom stereocenters. The van der Waals surface area contributed by atoms with E-state index in [2.05, 4.69) is 20.9 Å². The zero-order valence-corrected chi connectivity index (χ0v) is 14.6. The van der Waals surface area contributed by atoms with E-state index in [1.54, 1.807) is 13.3 Å². The topological polar surface area (TPSA) is 84.8 Å². The summed E-state index contributed by atoms with van der Waals surface area (Å²) >= 11 is 0. The number of carboxylic acid groups (broad SMARTS) is 1. The van der Waals surface area contributed by atoms with Crippen molar-refractivity contribution in [2.75, 3.05) is 31.7 Å². The first-order valence-corrected chi connectivity index (χ1v) is 8.73. The summed E-state index contributed by atoms with van der Waals surface area (Å²) in [6, 6.07) is 6.17. The maximum Gasteiger partial charge on any atom is 0.356 e. The van der Waals surface area contributed by atoms with Gasteiger partial charge in [-0.15, -0.1) is 0 Å². The highest BCUT2D eigenvalue weighted by atomic mass is 16.5. The fraction of sp³-hybridized carbons (Fsp3) is 0.421. The number of methoxy groups -OCH3 is 1. The predicted octanol–water partition coefficient (Wildman–Crippen LogP) is 2.25. The molecule has 2 aromatic rings. The molecule has 0 amide bonds. The van der Waals surface area contributed by atoms with Gasteiger partial charge in [0.2, 0.25) is 0 Å². The number of nitrogens with zero attached hydrogens (tertiary/aromatic N) is 3. The average Bonchev–Trinajstić information content (AvgIpc) is 2.68. The molecular formula is C19H21N3O4. The summed E-state index contributed by atoms with van der Waals surface area (Å²) in [5.74, 6) is 0.404. The van der Waals surface area contributed by atoms with E-state index in [0.29, 0.717) is 12.4 Å². The minimum atomic E-state index is -1.07. The van der Waals surface area contributed by atoms with Gasteiger partial charge in [0.05, 0.1) is 26.1 Å². The lowest BCUT2D eigenvalue weighted by Gasteiger charge is -2.45. The van der Waals surface area contributed by atoms with Crippen LogP contribution in [0.1, 0.15) is 34.5 Å². The number of fused-ring (bicyclic) bond motifs is 2. The number of aromatic carboxylic acids is 1. The third-order valence-electron chi connectivity index (χ3n) is 5.27. The zero-order valence-electron chi connectivity index (χ0n) is 14.6. The lowest BCUT2D eigenvalue weighted by molar-refractivity contribution is -0.0780. The lowest BCUT2D eigenvalue weighted by atomic mass is 9.79. The van der Waals surface area contributed by atoms with Gasteiger partial charge in [0.25, 0.3) is 0 Å². The van der Waals surface area contributed by atoms with Crippen LogP contribution in [0.25, 0.3) is 0 Å². The number of rotatable bonds is 3. The molecule has 1 aromatic heterocycles. The van der Waals surface area contributed by atoms with Crippen LogP contribution in [0.2, 0.25) is 0 Å². The molecule has 1 spiro atoms.